The van der Waals surface area contributed by atoms with E-state index >= 15 is 0 Å². The van der Waals surface area contributed by atoms with Gasteiger partial charge in [-0.1, -0.05) is 19.8 Å². The molecule has 3 atom stereocenters. The SMILES string of the molecule is COC(=O)C1C(=O)C2=C(CC1C)NC(C)=C(C(=O)OC1CCCCCC1)C2c1ccc(C)o1. The number of methoxy groups -OCH3 is 1. The molecule has 4 rings (SSSR count). The number of furan rings is 1. The zero-order valence-corrected chi connectivity index (χ0v) is 19.9. The van der Waals surface area contributed by atoms with Crippen LogP contribution in [0.5, 0.6) is 0 Å². The molecule has 1 aliphatic heterocycles. The zero-order valence-electron chi connectivity index (χ0n) is 19.9. The van der Waals surface area contributed by atoms with Crippen molar-refractivity contribution in [1.82, 2.24) is 5.32 Å². The van der Waals surface area contributed by atoms with Crippen molar-refractivity contribution in [1.29, 1.82) is 0 Å². The van der Waals surface area contributed by atoms with Crippen LogP contribution in [0.15, 0.2) is 39.1 Å². The molecule has 0 spiro atoms. The number of dihydropyridines is 1. The lowest BCUT2D eigenvalue weighted by molar-refractivity contribution is -0.151. The monoisotopic (exact) mass is 455 g/mol. The average molecular weight is 456 g/mol. The molecule has 0 saturated heterocycles. The standard InChI is InChI=1S/C26H33NO6/c1-14-13-18-22(24(28)20(14)25(29)31-4)23(19-12-11-15(2)32-19)21(16(3)27-18)26(30)33-17-9-7-5-6-8-10-17/h11-12,14,17,20,23,27H,5-10,13H2,1-4H3. The van der Waals surface area contributed by atoms with Crippen LogP contribution in [-0.4, -0.2) is 30.9 Å². The van der Waals surface area contributed by atoms with E-state index in [1.165, 1.54) is 7.11 Å². The number of esters is 2. The Morgan fingerprint density at radius 2 is 1.79 bits per heavy atom. The minimum absolute atomic E-state index is 0.125. The number of ketones is 1. The minimum Gasteiger partial charge on any atom is -0.468 e. The number of carbonyl (C=O) groups is 3. The van der Waals surface area contributed by atoms with Crippen molar-refractivity contribution in [3.8, 4) is 0 Å². The molecule has 2 aliphatic carbocycles. The maximum atomic E-state index is 13.7. The molecule has 33 heavy (non-hydrogen) atoms. The first-order chi connectivity index (χ1) is 15.8. The molecule has 2 heterocycles. The minimum atomic E-state index is -0.911. The van der Waals surface area contributed by atoms with E-state index in [0.29, 0.717) is 34.8 Å². The summed E-state index contributed by atoms with van der Waals surface area (Å²) in [6.07, 6.45) is 6.48. The third-order valence-electron chi connectivity index (χ3n) is 7.08. The summed E-state index contributed by atoms with van der Waals surface area (Å²) < 4.78 is 16.8. The quantitative estimate of drug-likeness (QED) is 0.407. The number of aryl methyl sites for hydroxylation is 1. The van der Waals surface area contributed by atoms with Gasteiger partial charge in [0.15, 0.2) is 5.78 Å². The number of allylic oxidation sites excluding steroid dienone is 3. The Labute approximate surface area is 194 Å². The van der Waals surface area contributed by atoms with Gasteiger partial charge in [0, 0.05) is 17.0 Å². The Kier molecular flexibility index (Phi) is 6.77. The summed E-state index contributed by atoms with van der Waals surface area (Å²) >= 11 is 0. The summed E-state index contributed by atoms with van der Waals surface area (Å²) in [7, 11) is 1.29. The molecule has 3 aliphatic rings. The van der Waals surface area contributed by atoms with E-state index in [4.69, 9.17) is 13.9 Å². The maximum absolute atomic E-state index is 13.7. The Bertz CT molecular complexity index is 1010. The summed E-state index contributed by atoms with van der Waals surface area (Å²) in [4.78, 5) is 39.6. The van der Waals surface area contributed by atoms with Gasteiger partial charge in [0.2, 0.25) is 0 Å². The second-order valence-corrected chi connectivity index (χ2v) is 9.50. The van der Waals surface area contributed by atoms with Gasteiger partial charge < -0.3 is 19.2 Å². The fourth-order valence-corrected chi connectivity index (χ4v) is 5.42. The highest BCUT2D eigenvalue weighted by molar-refractivity contribution is 6.12. The molecule has 7 heteroatoms. The van der Waals surface area contributed by atoms with Crippen LogP contribution in [0, 0.1) is 18.8 Å². The Morgan fingerprint density at radius 1 is 1.09 bits per heavy atom. The van der Waals surface area contributed by atoms with Gasteiger partial charge >= 0.3 is 11.9 Å². The molecule has 3 unspecified atom stereocenters. The van der Waals surface area contributed by atoms with E-state index in [9.17, 15) is 14.4 Å². The number of hydrogen-bond acceptors (Lipinski definition) is 7. The number of hydrogen-bond donors (Lipinski definition) is 1. The molecule has 178 valence electrons. The van der Waals surface area contributed by atoms with Crippen LogP contribution < -0.4 is 5.32 Å². The largest absolute Gasteiger partial charge is 0.468 e. The molecule has 0 aromatic carbocycles. The number of Topliss-reactive ketones (excluding diaryl/α,β-unsaturated/α-hetero) is 1. The number of ether oxygens (including phenoxy) is 2. The van der Waals surface area contributed by atoms with Gasteiger partial charge in [0.05, 0.1) is 18.6 Å². The van der Waals surface area contributed by atoms with Crippen molar-refractivity contribution in [2.24, 2.45) is 11.8 Å². The van der Waals surface area contributed by atoms with Crippen LogP contribution in [0.4, 0.5) is 0 Å². The van der Waals surface area contributed by atoms with E-state index in [1.807, 2.05) is 26.8 Å². The van der Waals surface area contributed by atoms with E-state index in [2.05, 4.69) is 5.32 Å². The normalized spacial score (nSPS) is 26.4. The van der Waals surface area contributed by atoms with Crippen molar-refractivity contribution < 1.29 is 28.3 Å². The van der Waals surface area contributed by atoms with Crippen LogP contribution in [-0.2, 0) is 23.9 Å². The Morgan fingerprint density at radius 3 is 2.39 bits per heavy atom. The first-order valence-electron chi connectivity index (χ1n) is 11.9. The lowest BCUT2D eigenvalue weighted by Gasteiger charge is -2.37. The van der Waals surface area contributed by atoms with Crippen LogP contribution >= 0.6 is 0 Å². The molecule has 0 bridgehead atoms. The predicted molar refractivity (Wildman–Crippen MR) is 121 cm³/mol. The second kappa shape index (κ2) is 9.57. The summed E-state index contributed by atoms with van der Waals surface area (Å²) in [5, 5.41) is 3.29. The Hall–Kier alpha value is -2.83. The zero-order chi connectivity index (χ0) is 23.7. The topological polar surface area (TPSA) is 94.8 Å². The number of carbonyl (C=O) groups excluding carboxylic acids is 3. The molecule has 1 aromatic rings. The van der Waals surface area contributed by atoms with E-state index in [-0.39, 0.29) is 17.8 Å². The van der Waals surface area contributed by atoms with Crippen LogP contribution in [0.2, 0.25) is 0 Å². The van der Waals surface area contributed by atoms with Crippen molar-refractivity contribution in [3.05, 3.63) is 46.2 Å². The van der Waals surface area contributed by atoms with Crippen molar-refractivity contribution in [2.45, 2.75) is 77.7 Å². The highest BCUT2D eigenvalue weighted by Crippen LogP contribution is 2.46. The average Bonchev–Trinajstić information content (AvgIpc) is 3.03. The fraction of sp³-hybridized carbons (Fsp3) is 0.577. The van der Waals surface area contributed by atoms with Crippen LogP contribution in [0.25, 0.3) is 0 Å². The first kappa shape index (κ1) is 23.3. The van der Waals surface area contributed by atoms with Gasteiger partial charge in [-0.25, -0.2) is 4.79 Å². The van der Waals surface area contributed by atoms with Crippen molar-refractivity contribution in [2.75, 3.05) is 7.11 Å². The van der Waals surface area contributed by atoms with Crippen LogP contribution in [0.3, 0.4) is 0 Å². The van der Waals surface area contributed by atoms with Gasteiger partial charge in [-0.3, -0.25) is 9.59 Å². The number of nitrogens with one attached hydrogen (secondary N) is 1. The summed E-state index contributed by atoms with van der Waals surface area (Å²) in [5.74, 6) is -1.98. The molecule has 0 amide bonds. The van der Waals surface area contributed by atoms with Gasteiger partial charge in [-0.15, -0.1) is 0 Å². The highest BCUT2D eigenvalue weighted by Gasteiger charge is 2.48. The molecule has 1 saturated carbocycles. The molecular formula is C26H33NO6. The van der Waals surface area contributed by atoms with E-state index in [1.54, 1.807) is 6.07 Å². The smallest absolute Gasteiger partial charge is 0.337 e. The number of rotatable bonds is 4. The van der Waals surface area contributed by atoms with Crippen molar-refractivity contribution >= 4 is 17.7 Å². The van der Waals surface area contributed by atoms with E-state index < -0.39 is 23.8 Å². The Balaban J connectivity index is 1.74. The molecule has 0 radical (unpaired) electrons. The van der Waals surface area contributed by atoms with Gasteiger partial charge in [0.25, 0.3) is 0 Å². The molecule has 1 fully saturated rings. The maximum Gasteiger partial charge on any atom is 0.337 e. The summed E-state index contributed by atoms with van der Waals surface area (Å²) in [6, 6.07) is 3.61. The lowest BCUT2D eigenvalue weighted by Crippen LogP contribution is -2.43. The van der Waals surface area contributed by atoms with Crippen molar-refractivity contribution in [3.63, 3.8) is 0 Å². The van der Waals surface area contributed by atoms with Crippen LogP contribution in [0.1, 0.15) is 76.2 Å². The van der Waals surface area contributed by atoms with E-state index in [0.717, 1.165) is 44.2 Å². The first-order valence-corrected chi connectivity index (χ1v) is 11.9. The fourth-order valence-electron chi connectivity index (χ4n) is 5.42. The predicted octanol–water partition coefficient (Wildman–Crippen LogP) is 4.47. The second-order valence-electron chi connectivity index (χ2n) is 9.50. The lowest BCUT2D eigenvalue weighted by atomic mass is 9.70. The third kappa shape index (κ3) is 4.50. The van der Waals surface area contributed by atoms with Gasteiger partial charge in [-0.2, -0.15) is 0 Å². The molecule has 7 nitrogen and oxygen atoms in total. The van der Waals surface area contributed by atoms with Gasteiger partial charge in [-0.05, 0) is 64.0 Å². The third-order valence-corrected chi connectivity index (χ3v) is 7.08. The van der Waals surface area contributed by atoms with Gasteiger partial charge in [0.1, 0.15) is 23.5 Å². The summed E-state index contributed by atoms with van der Waals surface area (Å²) in [6.45, 7) is 5.52. The highest BCUT2D eigenvalue weighted by atomic mass is 16.5. The summed E-state index contributed by atoms with van der Waals surface area (Å²) in [5.41, 5.74) is 2.16. The molecule has 1 aromatic heterocycles. The molecular weight excluding hydrogens is 422 g/mol. The molecule has 1 N–H and O–H groups in total.